The zero-order valence-corrected chi connectivity index (χ0v) is 16.6. The summed E-state index contributed by atoms with van der Waals surface area (Å²) in [6.07, 6.45) is 1.65. The van der Waals surface area contributed by atoms with Gasteiger partial charge in [-0.15, -0.1) is 0 Å². The van der Waals surface area contributed by atoms with E-state index >= 15 is 0 Å². The van der Waals surface area contributed by atoms with Gasteiger partial charge in [-0.05, 0) is 57.1 Å². The van der Waals surface area contributed by atoms with E-state index in [0.29, 0.717) is 18.4 Å². The molecule has 7 heteroatoms. The highest BCUT2D eigenvalue weighted by Crippen LogP contribution is 2.39. The zero-order valence-electron chi connectivity index (χ0n) is 15.9. The number of hydrogen-bond acceptors (Lipinski definition) is 4. The third-order valence-electron chi connectivity index (χ3n) is 5.31. The van der Waals surface area contributed by atoms with Gasteiger partial charge in [-0.2, -0.15) is 5.26 Å². The third-order valence-corrected chi connectivity index (χ3v) is 5.74. The molecule has 0 radical (unpaired) electrons. The average Bonchev–Trinajstić information content (AvgIpc) is 3.10. The van der Waals surface area contributed by atoms with E-state index in [1.54, 1.807) is 6.07 Å². The van der Waals surface area contributed by atoms with E-state index in [-0.39, 0.29) is 22.7 Å². The molecule has 1 aliphatic carbocycles. The summed E-state index contributed by atoms with van der Waals surface area (Å²) >= 11 is 6.21. The lowest BCUT2D eigenvalue weighted by atomic mass is 9.98. The van der Waals surface area contributed by atoms with E-state index in [2.05, 4.69) is 10.2 Å². The molecule has 0 bridgehead atoms. The summed E-state index contributed by atoms with van der Waals surface area (Å²) in [5.41, 5.74) is 0.144. The summed E-state index contributed by atoms with van der Waals surface area (Å²) in [4.78, 5) is 14.4. The van der Waals surface area contributed by atoms with E-state index in [1.165, 1.54) is 6.07 Å². The highest BCUT2D eigenvalue weighted by atomic mass is 35.5. The predicted molar refractivity (Wildman–Crippen MR) is 101 cm³/mol. The van der Waals surface area contributed by atoms with Crippen LogP contribution in [-0.2, 0) is 11.3 Å². The zero-order chi connectivity index (χ0) is 19.8. The number of ether oxygens (including phenoxy) is 1. The number of carbonyl (C=O) groups excluding carboxylic acids is 1. The van der Waals surface area contributed by atoms with E-state index in [4.69, 9.17) is 21.6 Å². The molecule has 0 unspecified atom stereocenters. The third kappa shape index (κ3) is 4.53. The number of benzene rings is 1. The molecule has 1 amide bonds. The van der Waals surface area contributed by atoms with E-state index < -0.39 is 11.4 Å². The first-order chi connectivity index (χ1) is 12.7. The van der Waals surface area contributed by atoms with Crippen LogP contribution in [0.1, 0.15) is 44.7 Å². The van der Waals surface area contributed by atoms with Gasteiger partial charge in [0.1, 0.15) is 23.1 Å². The minimum absolute atomic E-state index is 0.0990. The number of likely N-dealkylation sites (tertiary alicyclic amines) is 1. The maximum absolute atomic E-state index is 13.6. The Bertz CT molecular complexity index is 772. The summed E-state index contributed by atoms with van der Waals surface area (Å²) in [6.45, 7) is 7.86. The number of nitriles is 1. The Labute approximate surface area is 164 Å². The van der Waals surface area contributed by atoms with Crippen molar-refractivity contribution in [3.8, 4) is 6.07 Å². The average molecular weight is 394 g/mol. The van der Waals surface area contributed by atoms with Crippen LogP contribution in [0.3, 0.4) is 0 Å². The van der Waals surface area contributed by atoms with E-state index in [0.717, 1.165) is 31.5 Å². The topological polar surface area (TPSA) is 65.4 Å². The van der Waals surface area contributed by atoms with Gasteiger partial charge < -0.3 is 10.1 Å². The molecule has 5 nitrogen and oxygen atoms in total. The number of carbonyl (C=O) groups is 1. The van der Waals surface area contributed by atoms with Crippen LogP contribution in [0.4, 0.5) is 9.18 Å². The van der Waals surface area contributed by atoms with Crippen molar-refractivity contribution in [1.82, 2.24) is 10.2 Å². The van der Waals surface area contributed by atoms with Crippen LogP contribution in [0, 0.1) is 29.0 Å². The van der Waals surface area contributed by atoms with Crippen molar-refractivity contribution in [3.63, 3.8) is 0 Å². The second kappa shape index (κ2) is 7.65. The molecule has 0 aromatic heterocycles. The number of hydrogen-bond donors (Lipinski definition) is 1. The smallest absolute Gasteiger partial charge is 0.407 e. The molecule has 1 saturated carbocycles. The number of rotatable bonds is 3. The van der Waals surface area contributed by atoms with Crippen molar-refractivity contribution in [2.24, 2.45) is 11.8 Å². The summed E-state index contributed by atoms with van der Waals surface area (Å²) < 4.78 is 19.0. The van der Waals surface area contributed by atoms with Gasteiger partial charge in [0.25, 0.3) is 0 Å². The molecular formula is C20H25ClFN3O2. The number of alkyl carbamates (subject to hydrolysis) is 1. The first-order valence-electron chi connectivity index (χ1n) is 9.27. The molecule has 1 aromatic carbocycles. The first-order valence-corrected chi connectivity index (χ1v) is 9.64. The van der Waals surface area contributed by atoms with Crippen LogP contribution in [0.25, 0.3) is 0 Å². The van der Waals surface area contributed by atoms with Gasteiger partial charge in [-0.3, -0.25) is 4.90 Å². The largest absolute Gasteiger partial charge is 0.444 e. The molecule has 1 N–H and O–H groups in total. The first kappa shape index (κ1) is 19.9. The molecule has 2 aliphatic rings. The highest BCUT2D eigenvalue weighted by molar-refractivity contribution is 6.32. The van der Waals surface area contributed by atoms with Crippen LogP contribution in [0.5, 0.6) is 0 Å². The summed E-state index contributed by atoms with van der Waals surface area (Å²) in [5, 5.41) is 12.3. The van der Waals surface area contributed by atoms with Crippen LogP contribution >= 0.6 is 11.6 Å². The Morgan fingerprint density at radius 1 is 1.41 bits per heavy atom. The highest BCUT2D eigenvalue weighted by Gasteiger charge is 2.43. The van der Waals surface area contributed by atoms with E-state index in [1.807, 2.05) is 26.8 Å². The number of amides is 1. The normalized spacial score (nSPS) is 25.1. The fraction of sp³-hybridized carbons (Fsp3) is 0.600. The Hall–Kier alpha value is -1.84. The van der Waals surface area contributed by atoms with Crippen LogP contribution < -0.4 is 5.32 Å². The Morgan fingerprint density at radius 2 is 2.15 bits per heavy atom. The van der Waals surface area contributed by atoms with Crippen molar-refractivity contribution in [1.29, 1.82) is 5.26 Å². The number of fused-ring (bicyclic) bond motifs is 1. The second-order valence-electron chi connectivity index (χ2n) is 8.46. The molecule has 1 aromatic rings. The molecule has 146 valence electrons. The fourth-order valence-corrected chi connectivity index (χ4v) is 4.44. The van der Waals surface area contributed by atoms with Gasteiger partial charge in [0.2, 0.25) is 0 Å². The van der Waals surface area contributed by atoms with Crippen LogP contribution in [-0.4, -0.2) is 35.7 Å². The van der Waals surface area contributed by atoms with Gasteiger partial charge in [-0.25, -0.2) is 9.18 Å². The van der Waals surface area contributed by atoms with Crippen molar-refractivity contribution in [2.45, 2.75) is 51.8 Å². The van der Waals surface area contributed by atoms with Crippen LogP contribution in [0.15, 0.2) is 12.1 Å². The lowest BCUT2D eigenvalue weighted by Crippen LogP contribution is -2.42. The van der Waals surface area contributed by atoms with Gasteiger partial charge in [0, 0.05) is 25.7 Å². The summed E-state index contributed by atoms with van der Waals surface area (Å²) in [7, 11) is 0. The van der Waals surface area contributed by atoms with Crippen molar-refractivity contribution in [2.75, 3.05) is 13.1 Å². The summed E-state index contributed by atoms with van der Waals surface area (Å²) in [6, 6.07) is 4.87. The van der Waals surface area contributed by atoms with Gasteiger partial charge in [-0.1, -0.05) is 17.7 Å². The molecule has 3 rings (SSSR count). The summed E-state index contributed by atoms with van der Waals surface area (Å²) in [5.74, 6) is 0.290. The minimum atomic E-state index is -0.592. The van der Waals surface area contributed by atoms with Gasteiger partial charge in [0.05, 0.1) is 5.02 Å². The lowest BCUT2D eigenvalue weighted by Gasteiger charge is -2.25. The van der Waals surface area contributed by atoms with Gasteiger partial charge in [0.15, 0.2) is 0 Å². The minimum Gasteiger partial charge on any atom is -0.444 e. The predicted octanol–water partition coefficient (Wildman–Crippen LogP) is 4.09. The number of nitrogens with one attached hydrogen (secondary N) is 1. The van der Waals surface area contributed by atoms with Crippen molar-refractivity contribution >= 4 is 17.7 Å². The number of nitrogens with zero attached hydrogens (tertiary/aromatic N) is 2. The Balaban J connectivity index is 1.62. The Kier molecular flexibility index (Phi) is 5.64. The fourth-order valence-electron chi connectivity index (χ4n) is 4.19. The standard InChI is InChI=1S/C20H25ClFN3O2/c1-20(2,3)27-19(26)24-17-7-5-12-9-25(11-15(12)17)10-13-4-6-16(22)14(8-23)18(13)21/h4,6,12,15,17H,5,7,9-11H2,1-3H3,(H,24,26)/t12-,15+,17+/m0/s1. The van der Waals surface area contributed by atoms with E-state index in [9.17, 15) is 9.18 Å². The molecule has 1 heterocycles. The van der Waals surface area contributed by atoms with Gasteiger partial charge >= 0.3 is 6.09 Å². The molecule has 2 fully saturated rings. The van der Waals surface area contributed by atoms with Crippen molar-refractivity contribution < 1.29 is 13.9 Å². The quantitative estimate of drug-likeness (QED) is 0.840. The van der Waals surface area contributed by atoms with Crippen LogP contribution in [0.2, 0.25) is 5.02 Å². The Morgan fingerprint density at radius 3 is 2.81 bits per heavy atom. The SMILES string of the molecule is CC(C)(C)OC(=O)N[C@@H]1CC[C@H]2CN(Cc3ccc(F)c(C#N)c3Cl)C[C@H]21. The monoisotopic (exact) mass is 393 g/mol. The second-order valence-corrected chi connectivity index (χ2v) is 8.83. The van der Waals surface area contributed by atoms with Crippen molar-refractivity contribution in [3.05, 3.63) is 34.1 Å². The molecular weight excluding hydrogens is 369 g/mol. The molecule has 0 spiro atoms. The lowest BCUT2D eigenvalue weighted by molar-refractivity contribution is 0.0491. The maximum Gasteiger partial charge on any atom is 0.407 e. The molecule has 27 heavy (non-hydrogen) atoms. The number of halogens is 2. The maximum atomic E-state index is 13.6. The molecule has 3 atom stereocenters. The molecule has 1 saturated heterocycles. The molecule has 1 aliphatic heterocycles.